The van der Waals surface area contributed by atoms with Crippen LogP contribution in [0.5, 0.6) is 5.75 Å². The fourth-order valence-corrected chi connectivity index (χ4v) is 2.07. The Kier molecular flexibility index (Phi) is 3.66. The first-order valence-electron chi connectivity index (χ1n) is 6.49. The minimum absolute atomic E-state index is 0.116. The van der Waals surface area contributed by atoms with Crippen LogP contribution >= 0.6 is 0 Å². The third kappa shape index (κ3) is 2.35. The number of carbonyl (C=O) groups excluding carboxylic acids is 1. The smallest absolute Gasteiger partial charge is 0.495 e. The maximum atomic E-state index is 11.2. The Bertz CT molecular complexity index is 523. The molecule has 0 aliphatic carbocycles. The van der Waals surface area contributed by atoms with Crippen molar-refractivity contribution in [2.45, 2.75) is 45.5 Å². The molecule has 0 unspecified atom stereocenters. The van der Waals surface area contributed by atoms with E-state index in [2.05, 4.69) is 0 Å². The van der Waals surface area contributed by atoms with E-state index in [1.54, 1.807) is 6.07 Å². The van der Waals surface area contributed by atoms with Gasteiger partial charge < -0.3 is 19.5 Å². The van der Waals surface area contributed by atoms with Gasteiger partial charge in [-0.25, -0.2) is 0 Å². The van der Waals surface area contributed by atoms with Crippen LogP contribution in [0.3, 0.4) is 0 Å². The van der Waals surface area contributed by atoms with Gasteiger partial charge >= 0.3 is 7.12 Å². The van der Waals surface area contributed by atoms with Gasteiger partial charge in [0.05, 0.1) is 17.8 Å². The van der Waals surface area contributed by atoms with Crippen molar-refractivity contribution in [2.75, 3.05) is 0 Å². The average Bonchev–Trinajstić information content (AvgIpc) is 2.57. The fourth-order valence-electron chi connectivity index (χ4n) is 2.07. The second-order valence-corrected chi connectivity index (χ2v) is 5.97. The van der Waals surface area contributed by atoms with Gasteiger partial charge in [-0.3, -0.25) is 4.79 Å². The molecule has 0 spiro atoms. The third-order valence-electron chi connectivity index (χ3n) is 4.09. The molecule has 20 heavy (non-hydrogen) atoms. The Morgan fingerprint density at radius 3 is 2.20 bits per heavy atom. The third-order valence-corrected chi connectivity index (χ3v) is 4.09. The van der Waals surface area contributed by atoms with Gasteiger partial charge in [-0.15, -0.1) is 0 Å². The number of hydrogen-bond acceptors (Lipinski definition) is 5. The highest BCUT2D eigenvalue weighted by Crippen LogP contribution is 2.37. The van der Waals surface area contributed by atoms with Crippen molar-refractivity contribution < 1.29 is 24.3 Å². The Balaban J connectivity index is 2.46. The summed E-state index contributed by atoms with van der Waals surface area (Å²) in [6.45, 7) is 7.35. The first-order valence-corrected chi connectivity index (χ1v) is 6.49. The molecule has 0 saturated carbocycles. The zero-order chi connectivity index (χ0) is 15.1. The normalized spacial score (nSPS) is 20.1. The number of carbonyl (C=O) groups is 1. The molecule has 0 atom stereocenters. The van der Waals surface area contributed by atoms with E-state index < -0.39 is 18.3 Å². The van der Waals surface area contributed by atoms with Crippen LogP contribution in [0, 0.1) is 0 Å². The molecule has 2 N–H and O–H groups in total. The second-order valence-electron chi connectivity index (χ2n) is 5.97. The molecule has 1 aromatic rings. The lowest BCUT2D eigenvalue weighted by Crippen LogP contribution is -2.41. The van der Waals surface area contributed by atoms with E-state index in [1.807, 2.05) is 27.7 Å². The van der Waals surface area contributed by atoms with Gasteiger partial charge in [0.15, 0.2) is 0 Å². The van der Waals surface area contributed by atoms with E-state index in [1.165, 1.54) is 6.07 Å². The molecule has 0 radical (unpaired) electrons. The van der Waals surface area contributed by atoms with Crippen molar-refractivity contribution in [3.05, 3.63) is 23.3 Å². The Morgan fingerprint density at radius 1 is 1.20 bits per heavy atom. The van der Waals surface area contributed by atoms with Gasteiger partial charge in [0.2, 0.25) is 0 Å². The molecule has 1 aromatic carbocycles. The molecule has 0 amide bonds. The monoisotopic (exact) mass is 278 g/mol. The molecule has 1 aliphatic heterocycles. The first kappa shape index (κ1) is 15.0. The van der Waals surface area contributed by atoms with Crippen molar-refractivity contribution in [3.63, 3.8) is 0 Å². The minimum atomic E-state index is -0.703. The Labute approximate surface area is 118 Å². The molecule has 108 valence electrons. The molecular weight excluding hydrogens is 259 g/mol. The second kappa shape index (κ2) is 4.88. The number of hydrogen-bond donors (Lipinski definition) is 2. The first-order chi connectivity index (χ1) is 9.21. The van der Waals surface area contributed by atoms with Gasteiger partial charge in [0, 0.05) is 11.1 Å². The average molecular weight is 278 g/mol. The summed E-state index contributed by atoms with van der Waals surface area (Å²) in [5, 5.41) is 18.9. The van der Waals surface area contributed by atoms with Crippen LogP contribution in [0.1, 0.15) is 43.6 Å². The van der Waals surface area contributed by atoms with Crippen molar-refractivity contribution in [3.8, 4) is 5.75 Å². The quantitative estimate of drug-likeness (QED) is 0.637. The Morgan fingerprint density at radius 2 is 1.75 bits per heavy atom. The van der Waals surface area contributed by atoms with E-state index in [0.29, 0.717) is 22.9 Å². The number of aliphatic hydroxyl groups is 1. The van der Waals surface area contributed by atoms with Gasteiger partial charge in [0.1, 0.15) is 12.0 Å². The summed E-state index contributed by atoms with van der Waals surface area (Å²) >= 11 is 0. The van der Waals surface area contributed by atoms with Crippen molar-refractivity contribution >= 4 is 18.9 Å². The summed E-state index contributed by atoms with van der Waals surface area (Å²) in [6, 6.07) is 2.86. The Hall–Kier alpha value is -1.37. The zero-order valence-corrected chi connectivity index (χ0v) is 12.1. The molecule has 0 aromatic heterocycles. The molecule has 1 saturated heterocycles. The lowest BCUT2D eigenvalue weighted by atomic mass is 9.75. The molecule has 0 bridgehead atoms. The summed E-state index contributed by atoms with van der Waals surface area (Å²) in [6.07, 6.45) is 0.640. The van der Waals surface area contributed by atoms with Gasteiger partial charge in [-0.1, -0.05) is 6.07 Å². The number of phenols is 1. The summed E-state index contributed by atoms with van der Waals surface area (Å²) in [5.74, 6) is -0.116. The summed E-state index contributed by atoms with van der Waals surface area (Å²) in [4.78, 5) is 11.2. The largest absolute Gasteiger partial charge is 0.508 e. The zero-order valence-electron chi connectivity index (χ0n) is 12.1. The van der Waals surface area contributed by atoms with E-state index >= 15 is 0 Å². The standard InChI is InChI=1S/C14H19BO5/c1-13(2)14(3,4)20-15(19-13)11-5-10(8-17)12(18)6-9(11)7-16/h5-7,17-18H,8H2,1-4H3. The van der Waals surface area contributed by atoms with Crippen LogP contribution < -0.4 is 5.46 Å². The summed E-state index contributed by atoms with van der Waals surface area (Å²) < 4.78 is 11.8. The molecule has 5 nitrogen and oxygen atoms in total. The van der Waals surface area contributed by atoms with Crippen LogP contribution in [-0.4, -0.2) is 34.8 Å². The molecule has 6 heteroatoms. The highest BCUT2D eigenvalue weighted by molar-refractivity contribution is 6.63. The number of rotatable bonds is 3. The maximum Gasteiger partial charge on any atom is 0.495 e. The predicted molar refractivity (Wildman–Crippen MR) is 75.1 cm³/mol. The molecule has 2 rings (SSSR count). The van der Waals surface area contributed by atoms with E-state index in [4.69, 9.17) is 9.31 Å². The lowest BCUT2D eigenvalue weighted by Gasteiger charge is -2.32. The fraction of sp³-hybridized carbons (Fsp3) is 0.500. The summed E-state index contributed by atoms with van der Waals surface area (Å²) in [7, 11) is -0.703. The van der Waals surface area contributed by atoms with Crippen molar-refractivity contribution in [1.82, 2.24) is 0 Å². The van der Waals surface area contributed by atoms with E-state index in [9.17, 15) is 15.0 Å². The van der Waals surface area contributed by atoms with Crippen molar-refractivity contribution in [1.29, 1.82) is 0 Å². The predicted octanol–water partition coefficient (Wildman–Crippen LogP) is 0.996. The number of aromatic hydroxyl groups is 1. The van der Waals surface area contributed by atoms with Crippen LogP contribution in [0.4, 0.5) is 0 Å². The van der Waals surface area contributed by atoms with Gasteiger partial charge in [0.25, 0.3) is 0 Å². The number of aliphatic hydroxyl groups excluding tert-OH is 1. The van der Waals surface area contributed by atoms with Crippen LogP contribution in [0.25, 0.3) is 0 Å². The van der Waals surface area contributed by atoms with E-state index in [0.717, 1.165) is 0 Å². The van der Waals surface area contributed by atoms with Crippen molar-refractivity contribution in [2.24, 2.45) is 0 Å². The van der Waals surface area contributed by atoms with Gasteiger partial charge in [-0.2, -0.15) is 0 Å². The SMILES string of the molecule is CC1(C)OB(c2cc(CO)c(O)cc2C=O)OC1(C)C. The maximum absolute atomic E-state index is 11.2. The number of aldehydes is 1. The lowest BCUT2D eigenvalue weighted by molar-refractivity contribution is 0.00578. The van der Waals surface area contributed by atoms with Crippen LogP contribution in [0.2, 0.25) is 0 Å². The van der Waals surface area contributed by atoms with Crippen LogP contribution in [-0.2, 0) is 15.9 Å². The highest BCUT2D eigenvalue weighted by atomic mass is 16.7. The molecule has 1 heterocycles. The molecule has 1 aliphatic rings. The highest BCUT2D eigenvalue weighted by Gasteiger charge is 2.52. The molecule has 1 fully saturated rings. The molecular formula is C14H19BO5. The van der Waals surface area contributed by atoms with Gasteiger partial charge in [-0.05, 0) is 39.2 Å². The minimum Gasteiger partial charge on any atom is -0.508 e. The summed E-state index contributed by atoms with van der Waals surface area (Å²) in [5.41, 5.74) is 0.100. The van der Waals surface area contributed by atoms with E-state index in [-0.39, 0.29) is 12.4 Å². The topological polar surface area (TPSA) is 76.0 Å². The number of benzene rings is 1. The van der Waals surface area contributed by atoms with Crippen LogP contribution in [0.15, 0.2) is 12.1 Å².